The van der Waals surface area contributed by atoms with Crippen LogP contribution in [0.4, 0.5) is 4.39 Å². The summed E-state index contributed by atoms with van der Waals surface area (Å²) in [5, 5.41) is 2.59. The summed E-state index contributed by atoms with van der Waals surface area (Å²) >= 11 is 7.43. The fraction of sp³-hybridized carbons (Fsp3) is 0.250. The average molecular weight is 250 g/mol. The summed E-state index contributed by atoms with van der Waals surface area (Å²) in [7, 11) is 1.73. The van der Waals surface area contributed by atoms with Crippen molar-refractivity contribution in [1.29, 1.82) is 0 Å². The van der Waals surface area contributed by atoms with Crippen LogP contribution in [0.15, 0.2) is 22.7 Å². The maximum atomic E-state index is 13.1. The van der Waals surface area contributed by atoms with Crippen molar-refractivity contribution >= 4 is 28.6 Å². The fourth-order valence-corrected chi connectivity index (χ4v) is 1.46. The Labute approximate surface area is 84.9 Å². The zero-order valence-electron chi connectivity index (χ0n) is 6.51. The molecule has 0 heterocycles. The van der Waals surface area contributed by atoms with E-state index in [9.17, 15) is 4.39 Å². The molecule has 0 spiro atoms. The lowest BCUT2D eigenvalue weighted by atomic mass is 10.2. The van der Waals surface area contributed by atoms with Crippen molar-refractivity contribution in [2.24, 2.45) is 0 Å². The van der Waals surface area contributed by atoms with Gasteiger partial charge >= 0.3 is 0 Å². The third-order valence-corrected chi connectivity index (χ3v) is 2.56. The molecule has 0 amide bonds. The Morgan fingerprint density at radius 3 is 2.83 bits per heavy atom. The van der Waals surface area contributed by atoms with Gasteiger partial charge in [0, 0.05) is 10.0 Å². The van der Waals surface area contributed by atoms with Gasteiger partial charge in [-0.05, 0) is 25.2 Å². The van der Waals surface area contributed by atoms with Gasteiger partial charge in [-0.15, -0.1) is 0 Å². The predicted octanol–water partition coefficient (Wildman–Crippen LogP) is 2.74. The van der Waals surface area contributed by atoms with E-state index in [1.165, 1.54) is 6.07 Å². The van der Waals surface area contributed by atoms with E-state index in [0.717, 1.165) is 4.47 Å². The van der Waals surface area contributed by atoms with Crippen molar-refractivity contribution in [3.63, 3.8) is 0 Å². The summed E-state index contributed by atoms with van der Waals surface area (Å²) in [6, 6.07) is 4.79. The molecule has 1 aromatic carbocycles. The summed E-state index contributed by atoms with van der Waals surface area (Å²) in [5.74, 6) is -0.243. The van der Waals surface area contributed by atoms with Crippen LogP contribution in [0.25, 0.3) is 0 Å². The molecule has 66 valence electrons. The Morgan fingerprint density at radius 1 is 1.58 bits per heavy atom. The molecule has 1 N–H and O–H groups in total. The molecule has 4 heteroatoms. The molecule has 0 saturated heterocycles. The first-order valence-electron chi connectivity index (χ1n) is 3.45. The minimum absolute atomic E-state index is 0.243. The van der Waals surface area contributed by atoms with Gasteiger partial charge in [-0.2, -0.15) is 12.6 Å². The lowest BCUT2D eigenvalue weighted by Gasteiger charge is -2.10. The van der Waals surface area contributed by atoms with E-state index in [1.54, 1.807) is 19.2 Å². The van der Waals surface area contributed by atoms with E-state index < -0.39 is 0 Å². The number of nitrogens with one attached hydrogen (secondary N) is 1. The summed E-state index contributed by atoms with van der Waals surface area (Å²) in [6.45, 7) is 0. The molecule has 0 radical (unpaired) electrons. The molecule has 12 heavy (non-hydrogen) atoms. The van der Waals surface area contributed by atoms with Crippen molar-refractivity contribution in [2.45, 2.75) is 5.37 Å². The highest BCUT2D eigenvalue weighted by Gasteiger charge is 2.09. The Morgan fingerprint density at radius 2 is 2.25 bits per heavy atom. The first-order chi connectivity index (χ1) is 5.65. The molecule has 1 nitrogen and oxygen atoms in total. The van der Waals surface area contributed by atoms with E-state index in [4.69, 9.17) is 0 Å². The number of benzene rings is 1. The summed E-state index contributed by atoms with van der Waals surface area (Å²) in [6.07, 6.45) is 0. The van der Waals surface area contributed by atoms with Crippen LogP contribution >= 0.6 is 28.6 Å². The Kier molecular flexibility index (Phi) is 3.55. The minimum Gasteiger partial charge on any atom is -0.305 e. The van der Waals surface area contributed by atoms with E-state index in [1.807, 2.05) is 0 Å². The molecular weight excluding hydrogens is 241 g/mol. The molecule has 1 atom stereocenters. The molecule has 0 aliphatic carbocycles. The molecule has 1 rings (SSSR count). The smallest absolute Gasteiger partial charge is 0.128 e. The normalized spacial score (nSPS) is 13.0. The van der Waals surface area contributed by atoms with Crippen molar-refractivity contribution in [2.75, 3.05) is 7.05 Å². The van der Waals surface area contributed by atoms with E-state index in [-0.39, 0.29) is 11.2 Å². The zero-order valence-corrected chi connectivity index (χ0v) is 8.99. The average Bonchev–Trinajstić information content (AvgIpc) is 2.08. The first-order valence-corrected chi connectivity index (χ1v) is 4.76. The number of hydrogen-bond acceptors (Lipinski definition) is 2. The van der Waals surface area contributed by atoms with Gasteiger partial charge in [0.1, 0.15) is 5.82 Å². The third-order valence-electron chi connectivity index (χ3n) is 1.53. The van der Waals surface area contributed by atoms with Crippen molar-refractivity contribution in [3.8, 4) is 0 Å². The lowest BCUT2D eigenvalue weighted by molar-refractivity contribution is 0.598. The maximum absolute atomic E-state index is 13.1. The molecule has 0 aromatic heterocycles. The fourth-order valence-electron chi connectivity index (χ4n) is 0.880. The summed E-state index contributed by atoms with van der Waals surface area (Å²) in [4.78, 5) is 0. The van der Waals surface area contributed by atoms with E-state index >= 15 is 0 Å². The van der Waals surface area contributed by atoms with Gasteiger partial charge in [-0.25, -0.2) is 4.39 Å². The Bertz CT molecular complexity index is 280. The Hall–Kier alpha value is -0.0600. The second-order valence-corrected chi connectivity index (χ2v) is 3.79. The summed E-state index contributed by atoms with van der Waals surface area (Å²) in [5.41, 5.74) is 0.551. The molecule has 1 unspecified atom stereocenters. The molecule has 0 aliphatic heterocycles. The van der Waals surface area contributed by atoms with Gasteiger partial charge in [-0.1, -0.05) is 15.9 Å². The van der Waals surface area contributed by atoms with Crippen LogP contribution in [-0.4, -0.2) is 7.05 Å². The molecule has 1 aromatic rings. The highest BCUT2D eigenvalue weighted by molar-refractivity contribution is 9.10. The molecule has 0 bridgehead atoms. The van der Waals surface area contributed by atoms with Crippen molar-refractivity contribution in [3.05, 3.63) is 34.1 Å². The second kappa shape index (κ2) is 4.25. The second-order valence-electron chi connectivity index (χ2n) is 2.36. The van der Waals surface area contributed by atoms with Gasteiger partial charge in [0.2, 0.25) is 0 Å². The van der Waals surface area contributed by atoms with Crippen LogP contribution in [0.1, 0.15) is 10.9 Å². The molecule has 0 saturated carbocycles. The highest BCUT2D eigenvalue weighted by Crippen LogP contribution is 2.23. The zero-order chi connectivity index (χ0) is 9.14. The highest BCUT2D eigenvalue weighted by atomic mass is 79.9. The van der Waals surface area contributed by atoms with E-state index in [2.05, 4.69) is 33.9 Å². The Balaban J connectivity index is 3.04. The summed E-state index contributed by atoms with van der Waals surface area (Å²) < 4.78 is 14.0. The topological polar surface area (TPSA) is 12.0 Å². The minimum atomic E-state index is -0.262. The van der Waals surface area contributed by atoms with Gasteiger partial charge in [0.15, 0.2) is 0 Å². The first kappa shape index (κ1) is 10.0. The number of halogens is 2. The van der Waals surface area contributed by atoms with Gasteiger partial charge in [0.05, 0.1) is 5.37 Å². The lowest BCUT2D eigenvalue weighted by Crippen LogP contribution is -2.11. The third kappa shape index (κ3) is 2.21. The SMILES string of the molecule is CNC(S)c1cc(Br)ccc1F. The van der Waals surface area contributed by atoms with Gasteiger partial charge in [0.25, 0.3) is 0 Å². The van der Waals surface area contributed by atoms with Gasteiger partial charge < -0.3 is 5.32 Å². The van der Waals surface area contributed by atoms with Gasteiger partial charge in [-0.3, -0.25) is 0 Å². The molecular formula is C8H9BrFNS. The maximum Gasteiger partial charge on any atom is 0.128 e. The monoisotopic (exact) mass is 249 g/mol. The van der Waals surface area contributed by atoms with Crippen LogP contribution in [-0.2, 0) is 0 Å². The van der Waals surface area contributed by atoms with Crippen LogP contribution in [0.3, 0.4) is 0 Å². The number of thiol groups is 1. The van der Waals surface area contributed by atoms with Crippen LogP contribution in [0.2, 0.25) is 0 Å². The molecule has 0 fully saturated rings. The van der Waals surface area contributed by atoms with Crippen molar-refractivity contribution < 1.29 is 4.39 Å². The van der Waals surface area contributed by atoms with Crippen LogP contribution < -0.4 is 5.32 Å². The van der Waals surface area contributed by atoms with E-state index in [0.29, 0.717) is 5.56 Å². The van der Waals surface area contributed by atoms with Crippen molar-refractivity contribution in [1.82, 2.24) is 5.32 Å². The van der Waals surface area contributed by atoms with Crippen LogP contribution in [0, 0.1) is 5.82 Å². The number of hydrogen-bond donors (Lipinski definition) is 2. The van der Waals surface area contributed by atoms with Crippen LogP contribution in [0.5, 0.6) is 0 Å². The standard InChI is InChI=1S/C8H9BrFNS/c1-11-8(12)6-4-5(9)2-3-7(6)10/h2-4,8,11-12H,1H3. The largest absolute Gasteiger partial charge is 0.305 e. The molecule has 0 aliphatic rings. The predicted molar refractivity (Wildman–Crippen MR) is 54.9 cm³/mol. The quantitative estimate of drug-likeness (QED) is 0.607. The number of rotatable bonds is 2.